The van der Waals surface area contributed by atoms with Crippen molar-refractivity contribution in [2.24, 2.45) is 7.05 Å². The number of H-pyrrole nitrogens is 1. The molecule has 0 radical (unpaired) electrons. The Labute approximate surface area is 126 Å². The number of nitrogens with one attached hydrogen (secondary N) is 1. The van der Waals surface area contributed by atoms with Crippen LogP contribution in [0.1, 0.15) is 12.5 Å². The minimum atomic E-state index is -0.659. The summed E-state index contributed by atoms with van der Waals surface area (Å²) in [5.74, 6) is 0.289. The first-order valence-corrected chi connectivity index (χ1v) is 7.05. The molecule has 1 aromatic rings. The summed E-state index contributed by atoms with van der Waals surface area (Å²) < 4.78 is 1.73. The van der Waals surface area contributed by atoms with E-state index in [2.05, 4.69) is 26.8 Å². The molecular formula is C15H17N5O2. The molecule has 0 unspecified atom stereocenters. The number of fused-ring (bicyclic) bond motifs is 2. The molecule has 7 heteroatoms. The fourth-order valence-electron chi connectivity index (χ4n) is 2.61. The summed E-state index contributed by atoms with van der Waals surface area (Å²) in [6.07, 6.45) is 0. The van der Waals surface area contributed by atoms with Crippen LogP contribution in [0.3, 0.4) is 0 Å². The van der Waals surface area contributed by atoms with Crippen molar-refractivity contribution in [3.05, 3.63) is 38.5 Å². The number of anilines is 1. The predicted octanol–water partition coefficient (Wildman–Crippen LogP) is 0.886. The first-order chi connectivity index (χ1) is 10.4. The molecule has 2 heterocycles. The zero-order chi connectivity index (χ0) is 16.0. The van der Waals surface area contributed by atoms with Gasteiger partial charge in [-0.2, -0.15) is 4.98 Å². The molecule has 0 aliphatic carbocycles. The number of aromatic amines is 1. The number of aryl methyl sites for hydroxylation is 2. The Balaban J connectivity index is 2.45. The highest BCUT2D eigenvalue weighted by atomic mass is 16.2. The minimum absolute atomic E-state index is 0.170. The molecule has 3 rings (SSSR count). The van der Waals surface area contributed by atoms with Crippen LogP contribution < -0.4 is 16.1 Å². The minimum Gasteiger partial charge on any atom is -0.375 e. The molecule has 0 amide bonds. The van der Waals surface area contributed by atoms with Gasteiger partial charge in [-0.1, -0.05) is 0 Å². The van der Waals surface area contributed by atoms with Crippen LogP contribution in [0.4, 0.5) is 5.69 Å². The van der Waals surface area contributed by atoms with E-state index in [1.165, 1.54) is 0 Å². The third-order valence-electron chi connectivity index (χ3n) is 3.94. The van der Waals surface area contributed by atoms with Crippen molar-refractivity contribution in [2.45, 2.75) is 13.8 Å². The van der Waals surface area contributed by atoms with Gasteiger partial charge in [0.05, 0.1) is 11.0 Å². The number of rotatable bonds is 2. The first kappa shape index (κ1) is 14.2. The lowest BCUT2D eigenvalue weighted by Crippen LogP contribution is -2.28. The fourth-order valence-corrected chi connectivity index (χ4v) is 2.61. The van der Waals surface area contributed by atoms with Gasteiger partial charge in [-0.25, -0.2) is 9.78 Å². The molecule has 0 atom stereocenters. The van der Waals surface area contributed by atoms with Gasteiger partial charge in [0.2, 0.25) is 0 Å². The zero-order valence-corrected chi connectivity index (χ0v) is 13.0. The fraction of sp³-hybridized carbons (Fsp3) is 0.333. The summed E-state index contributed by atoms with van der Waals surface area (Å²) in [6.45, 7) is 4.96. The maximum absolute atomic E-state index is 12.0. The van der Waals surface area contributed by atoms with Crippen molar-refractivity contribution < 1.29 is 0 Å². The Hall–Kier alpha value is -2.70. The summed E-state index contributed by atoms with van der Waals surface area (Å²) in [6, 6.07) is 3.95. The second-order valence-electron chi connectivity index (χ2n) is 5.36. The van der Waals surface area contributed by atoms with Crippen molar-refractivity contribution in [1.29, 1.82) is 0 Å². The van der Waals surface area contributed by atoms with E-state index in [0.29, 0.717) is 5.52 Å². The lowest BCUT2D eigenvalue weighted by Gasteiger charge is -2.21. The van der Waals surface area contributed by atoms with Gasteiger partial charge in [0.15, 0.2) is 11.5 Å². The average Bonchev–Trinajstić information content (AvgIpc) is 2.48. The highest BCUT2D eigenvalue weighted by Crippen LogP contribution is 2.27. The third kappa shape index (κ3) is 2.05. The van der Waals surface area contributed by atoms with E-state index in [4.69, 9.17) is 0 Å². The normalized spacial score (nSPS) is 11.3. The van der Waals surface area contributed by atoms with Gasteiger partial charge in [0.1, 0.15) is 0 Å². The number of hydrogen-bond donors (Lipinski definition) is 1. The van der Waals surface area contributed by atoms with Gasteiger partial charge in [-0.15, -0.1) is 0 Å². The standard InChI is InChI=1S/C15H17N5O2/c1-5-19(3)10-7-9-11(6-8(10)2)20(4)13-12(16-9)14(21)18-15(22)17-13/h6-7H,5H2,1-4H3,(H,18,21,22). The Morgan fingerprint density at radius 2 is 2.00 bits per heavy atom. The second kappa shape index (κ2) is 4.94. The zero-order valence-electron chi connectivity index (χ0n) is 13.0. The van der Waals surface area contributed by atoms with Crippen molar-refractivity contribution in [3.63, 3.8) is 0 Å². The lowest BCUT2D eigenvalue weighted by atomic mass is 10.1. The molecule has 0 spiro atoms. The van der Waals surface area contributed by atoms with Crippen LogP contribution in [-0.4, -0.2) is 33.1 Å². The Morgan fingerprint density at radius 1 is 1.27 bits per heavy atom. The Morgan fingerprint density at radius 3 is 2.68 bits per heavy atom. The molecule has 2 aliphatic rings. The number of aromatic nitrogens is 4. The highest BCUT2D eigenvalue weighted by Gasteiger charge is 2.17. The van der Waals surface area contributed by atoms with Crippen LogP contribution >= 0.6 is 0 Å². The molecule has 0 fully saturated rings. The molecule has 0 aromatic heterocycles. The van der Waals surface area contributed by atoms with E-state index < -0.39 is 11.2 Å². The molecule has 1 N–H and O–H groups in total. The summed E-state index contributed by atoms with van der Waals surface area (Å²) in [4.78, 5) is 35.9. The maximum Gasteiger partial charge on any atom is 0.349 e. The summed E-state index contributed by atoms with van der Waals surface area (Å²) in [5, 5.41) is 0. The van der Waals surface area contributed by atoms with Gasteiger partial charge in [-0.3, -0.25) is 9.78 Å². The van der Waals surface area contributed by atoms with Crippen molar-refractivity contribution >= 4 is 16.7 Å². The Kier molecular flexibility index (Phi) is 3.20. The first-order valence-electron chi connectivity index (χ1n) is 7.05. The van der Waals surface area contributed by atoms with Gasteiger partial charge >= 0.3 is 5.69 Å². The quantitative estimate of drug-likeness (QED) is 0.710. The monoisotopic (exact) mass is 299 g/mol. The highest BCUT2D eigenvalue weighted by molar-refractivity contribution is 5.84. The van der Waals surface area contributed by atoms with Crippen LogP contribution in [0, 0.1) is 6.92 Å². The SMILES string of the molecule is CCN(C)c1cc2nc3c(=O)[nH]c(=O)nc-3n(C)c2cc1C. The molecule has 0 bridgehead atoms. The van der Waals surface area contributed by atoms with E-state index in [-0.39, 0.29) is 11.5 Å². The maximum atomic E-state index is 12.0. The molecule has 0 saturated carbocycles. The van der Waals surface area contributed by atoms with Crippen LogP contribution in [0.25, 0.3) is 22.6 Å². The van der Waals surface area contributed by atoms with Crippen molar-refractivity contribution in [3.8, 4) is 11.5 Å². The largest absolute Gasteiger partial charge is 0.375 e. The lowest BCUT2D eigenvalue weighted by molar-refractivity contribution is 0.869. The second-order valence-corrected chi connectivity index (χ2v) is 5.36. The molecule has 0 saturated heterocycles. The molecule has 22 heavy (non-hydrogen) atoms. The summed E-state index contributed by atoms with van der Waals surface area (Å²) in [5.41, 5.74) is 2.68. The molecule has 7 nitrogen and oxygen atoms in total. The van der Waals surface area contributed by atoms with E-state index in [1.807, 2.05) is 26.1 Å². The van der Waals surface area contributed by atoms with Crippen LogP contribution in [-0.2, 0) is 7.05 Å². The van der Waals surface area contributed by atoms with Gasteiger partial charge < -0.3 is 9.47 Å². The average molecular weight is 299 g/mol. The topological polar surface area (TPSA) is 83.9 Å². The van der Waals surface area contributed by atoms with Crippen LogP contribution in [0.5, 0.6) is 0 Å². The van der Waals surface area contributed by atoms with Crippen LogP contribution in [0.15, 0.2) is 21.7 Å². The van der Waals surface area contributed by atoms with E-state index >= 15 is 0 Å². The molecule has 2 aliphatic heterocycles. The van der Waals surface area contributed by atoms with Crippen molar-refractivity contribution in [1.82, 2.24) is 19.5 Å². The van der Waals surface area contributed by atoms with Gasteiger partial charge in [0, 0.05) is 26.3 Å². The van der Waals surface area contributed by atoms with Crippen molar-refractivity contribution in [2.75, 3.05) is 18.5 Å². The van der Waals surface area contributed by atoms with E-state index in [9.17, 15) is 9.59 Å². The van der Waals surface area contributed by atoms with Gasteiger partial charge in [0.25, 0.3) is 5.56 Å². The third-order valence-corrected chi connectivity index (χ3v) is 3.94. The van der Waals surface area contributed by atoms with E-state index in [0.717, 1.165) is 23.3 Å². The van der Waals surface area contributed by atoms with Crippen LogP contribution in [0.2, 0.25) is 0 Å². The summed E-state index contributed by atoms with van der Waals surface area (Å²) >= 11 is 0. The molecule has 114 valence electrons. The summed E-state index contributed by atoms with van der Waals surface area (Å²) in [7, 11) is 3.79. The van der Waals surface area contributed by atoms with Gasteiger partial charge in [-0.05, 0) is 31.5 Å². The smallest absolute Gasteiger partial charge is 0.349 e. The molecular weight excluding hydrogens is 282 g/mol. The predicted molar refractivity (Wildman–Crippen MR) is 85.7 cm³/mol. The molecule has 1 aromatic carbocycles. The number of benzene rings is 1. The Bertz CT molecular complexity index is 957. The number of hydrogen-bond acceptors (Lipinski definition) is 5. The van der Waals surface area contributed by atoms with E-state index in [1.54, 1.807) is 11.6 Å². The number of nitrogens with zero attached hydrogens (tertiary/aromatic N) is 4.